The van der Waals surface area contributed by atoms with Gasteiger partial charge in [0.15, 0.2) is 9.84 Å². The second kappa shape index (κ2) is 10.5. The molecule has 3 heterocycles. The number of amides is 2. The molecule has 2 aromatic carbocycles. The summed E-state index contributed by atoms with van der Waals surface area (Å²) in [4.78, 5) is 32.8. The summed E-state index contributed by atoms with van der Waals surface area (Å²) >= 11 is 0. The number of nitrogens with zero attached hydrogens (tertiary/aromatic N) is 4. The van der Waals surface area contributed by atoms with Crippen LogP contribution in [0.4, 0.5) is 8.78 Å². The van der Waals surface area contributed by atoms with Gasteiger partial charge >= 0.3 is 0 Å². The summed E-state index contributed by atoms with van der Waals surface area (Å²) in [5.41, 5.74) is 1.56. The van der Waals surface area contributed by atoms with Crippen LogP contribution in [0.25, 0.3) is 16.6 Å². The third-order valence-electron chi connectivity index (χ3n) is 8.88. The molecule has 8 nitrogen and oxygen atoms in total. The fourth-order valence-electron chi connectivity index (χ4n) is 6.22. The number of likely N-dealkylation sites (tertiary alicyclic amines) is 1. The first-order chi connectivity index (χ1) is 19.5. The molecule has 1 unspecified atom stereocenters. The van der Waals surface area contributed by atoms with Crippen LogP contribution >= 0.6 is 0 Å². The van der Waals surface area contributed by atoms with Gasteiger partial charge in [0.05, 0.1) is 10.4 Å². The van der Waals surface area contributed by atoms with E-state index in [-0.39, 0.29) is 23.7 Å². The maximum absolute atomic E-state index is 15.2. The summed E-state index contributed by atoms with van der Waals surface area (Å²) in [5, 5.41) is 0.780. The zero-order chi connectivity index (χ0) is 28.9. The van der Waals surface area contributed by atoms with Crippen molar-refractivity contribution < 1.29 is 26.8 Å². The molecule has 3 fully saturated rings. The molecule has 1 aromatic heterocycles. The van der Waals surface area contributed by atoms with Gasteiger partial charge in [-0.3, -0.25) is 14.5 Å². The zero-order valence-corrected chi connectivity index (χ0v) is 23.8. The lowest BCUT2D eigenvalue weighted by Gasteiger charge is -2.45. The van der Waals surface area contributed by atoms with Gasteiger partial charge in [-0.05, 0) is 49.2 Å². The van der Waals surface area contributed by atoms with E-state index in [1.807, 2.05) is 24.3 Å². The Bertz CT molecular complexity index is 1580. The van der Waals surface area contributed by atoms with Crippen LogP contribution in [0.2, 0.25) is 0 Å². The molecule has 2 saturated heterocycles. The Morgan fingerprint density at radius 3 is 2.22 bits per heavy atom. The van der Waals surface area contributed by atoms with E-state index < -0.39 is 39.9 Å². The number of para-hydroxylation sites is 1. The topological polar surface area (TPSA) is 82.9 Å². The number of carbonyl (C=O) groups excluding carboxylic acids is 2. The maximum Gasteiger partial charge on any atom is 0.270 e. The highest BCUT2D eigenvalue weighted by atomic mass is 32.2. The van der Waals surface area contributed by atoms with Gasteiger partial charge < -0.3 is 14.4 Å². The van der Waals surface area contributed by atoms with E-state index in [0.717, 1.165) is 30.0 Å². The van der Waals surface area contributed by atoms with Crippen LogP contribution in [0, 0.1) is 5.92 Å². The molecule has 0 bridgehead atoms. The Kier molecular flexibility index (Phi) is 7.14. The Morgan fingerprint density at radius 1 is 0.902 bits per heavy atom. The SMILES string of the molecule is CS(=O)(=O)c1ccc(-n2c(C(=O)N3CCC(F)(F)C(C(=O)N4CCN(C5CCC5)CC4)C3)cc3ccccc32)cc1. The summed E-state index contributed by atoms with van der Waals surface area (Å²) < 4.78 is 56.0. The van der Waals surface area contributed by atoms with Crippen LogP contribution in [-0.2, 0) is 14.6 Å². The number of piperazine rings is 1. The molecule has 2 aliphatic heterocycles. The van der Waals surface area contributed by atoms with E-state index >= 15 is 8.78 Å². The smallest absolute Gasteiger partial charge is 0.270 e. The fourth-order valence-corrected chi connectivity index (χ4v) is 6.85. The molecule has 0 radical (unpaired) electrons. The average molecular weight is 585 g/mol. The first-order valence-electron chi connectivity index (χ1n) is 14.1. The van der Waals surface area contributed by atoms with Crippen molar-refractivity contribution in [2.24, 2.45) is 5.92 Å². The Balaban J connectivity index is 1.26. The molecule has 41 heavy (non-hydrogen) atoms. The number of halogens is 2. The van der Waals surface area contributed by atoms with Crippen molar-refractivity contribution in [1.29, 1.82) is 0 Å². The molecule has 3 aliphatic rings. The van der Waals surface area contributed by atoms with E-state index in [2.05, 4.69) is 4.90 Å². The van der Waals surface area contributed by atoms with Gasteiger partial charge in [-0.15, -0.1) is 0 Å². The number of alkyl halides is 2. The summed E-state index contributed by atoms with van der Waals surface area (Å²) in [6.07, 6.45) is 4.07. The van der Waals surface area contributed by atoms with Crippen LogP contribution < -0.4 is 0 Å². The van der Waals surface area contributed by atoms with Crippen molar-refractivity contribution in [3.63, 3.8) is 0 Å². The molecular weight excluding hydrogens is 550 g/mol. The molecule has 0 spiro atoms. The number of aromatic nitrogens is 1. The predicted octanol–water partition coefficient (Wildman–Crippen LogP) is 3.83. The van der Waals surface area contributed by atoms with E-state index in [1.54, 1.807) is 27.7 Å². The summed E-state index contributed by atoms with van der Waals surface area (Å²) in [6, 6.07) is 15.8. The van der Waals surface area contributed by atoms with Gasteiger partial charge in [-0.25, -0.2) is 17.2 Å². The van der Waals surface area contributed by atoms with Gasteiger partial charge in [0.2, 0.25) is 5.91 Å². The molecule has 1 saturated carbocycles. The monoisotopic (exact) mass is 584 g/mol. The molecule has 1 aliphatic carbocycles. The highest BCUT2D eigenvalue weighted by Crippen LogP contribution is 2.37. The number of carbonyl (C=O) groups is 2. The largest absolute Gasteiger partial charge is 0.340 e. The highest BCUT2D eigenvalue weighted by Gasteiger charge is 2.51. The van der Waals surface area contributed by atoms with Crippen molar-refractivity contribution in [3.05, 3.63) is 60.3 Å². The number of sulfone groups is 1. The minimum atomic E-state index is -3.41. The van der Waals surface area contributed by atoms with Crippen LogP contribution in [0.1, 0.15) is 36.2 Å². The second-order valence-electron chi connectivity index (χ2n) is 11.5. The zero-order valence-electron chi connectivity index (χ0n) is 23.0. The minimum Gasteiger partial charge on any atom is -0.340 e. The minimum absolute atomic E-state index is 0.152. The van der Waals surface area contributed by atoms with Crippen molar-refractivity contribution in [1.82, 2.24) is 19.3 Å². The van der Waals surface area contributed by atoms with Gasteiger partial charge in [-0.2, -0.15) is 0 Å². The van der Waals surface area contributed by atoms with E-state index in [1.165, 1.54) is 23.5 Å². The lowest BCUT2D eigenvalue weighted by atomic mass is 9.90. The lowest BCUT2D eigenvalue weighted by molar-refractivity contribution is -0.160. The van der Waals surface area contributed by atoms with Gasteiger partial charge in [0.25, 0.3) is 11.8 Å². The summed E-state index contributed by atoms with van der Waals surface area (Å²) in [6.45, 7) is 1.70. The molecule has 0 N–H and O–H groups in total. The second-order valence-corrected chi connectivity index (χ2v) is 13.5. The first-order valence-corrected chi connectivity index (χ1v) is 16.0. The van der Waals surface area contributed by atoms with Gasteiger partial charge in [0, 0.05) is 69.1 Å². The van der Waals surface area contributed by atoms with Crippen LogP contribution in [0.3, 0.4) is 0 Å². The van der Waals surface area contributed by atoms with E-state index in [4.69, 9.17) is 0 Å². The number of rotatable bonds is 5. The Labute approximate surface area is 238 Å². The average Bonchev–Trinajstić information content (AvgIpc) is 3.31. The van der Waals surface area contributed by atoms with Crippen LogP contribution in [-0.4, -0.2) is 97.0 Å². The summed E-state index contributed by atoms with van der Waals surface area (Å²) in [5.74, 6) is -5.83. The van der Waals surface area contributed by atoms with Gasteiger partial charge in [-0.1, -0.05) is 24.6 Å². The molecule has 218 valence electrons. The number of fused-ring (bicyclic) bond motifs is 1. The number of piperidine rings is 1. The molecule has 1 atom stereocenters. The third kappa shape index (κ3) is 5.25. The quantitative estimate of drug-likeness (QED) is 0.456. The Hall–Kier alpha value is -3.31. The Morgan fingerprint density at radius 2 is 1.59 bits per heavy atom. The summed E-state index contributed by atoms with van der Waals surface area (Å²) in [7, 11) is -3.41. The van der Waals surface area contributed by atoms with Crippen molar-refractivity contribution in [2.75, 3.05) is 45.5 Å². The molecule has 2 amide bonds. The standard InChI is InChI=1S/C30H34F2N4O4S/c1-41(39,40)24-11-9-23(10-12-24)36-26-8-3-2-5-21(26)19-27(36)29(38)35-14-13-30(31,32)25(20-35)28(37)34-17-15-33(16-18-34)22-6-4-7-22/h2-3,5,8-12,19,22,25H,4,6-7,13-18,20H2,1H3. The van der Waals surface area contributed by atoms with Gasteiger partial charge in [0.1, 0.15) is 11.6 Å². The van der Waals surface area contributed by atoms with Crippen molar-refractivity contribution in [3.8, 4) is 5.69 Å². The molecule has 6 rings (SSSR count). The molecule has 3 aromatic rings. The number of hydrogen-bond acceptors (Lipinski definition) is 5. The molecular formula is C30H34F2N4O4S. The normalized spacial score (nSPS) is 22.1. The molecule has 11 heteroatoms. The predicted molar refractivity (Wildman–Crippen MR) is 151 cm³/mol. The fraction of sp³-hybridized carbons (Fsp3) is 0.467. The third-order valence-corrected chi connectivity index (χ3v) is 10.0. The lowest BCUT2D eigenvalue weighted by Crippen LogP contribution is -2.59. The van der Waals surface area contributed by atoms with E-state index in [9.17, 15) is 18.0 Å². The maximum atomic E-state index is 15.2. The van der Waals surface area contributed by atoms with Crippen LogP contribution in [0.15, 0.2) is 59.5 Å². The van der Waals surface area contributed by atoms with E-state index in [0.29, 0.717) is 37.9 Å². The van der Waals surface area contributed by atoms with Crippen molar-refractivity contribution in [2.45, 2.75) is 42.5 Å². The van der Waals surface area contributed by atoms with Crippen molar-refractivity contribution >= 4 is 32.6 Å². The number of hydrogen-bond donors (Lipinski definition) is 0. The first kappa shape index (κ1) is 27.8. The highest BCUT2D eigenvalue weighted by molar-refractivity contribution is 7.90. The number of benzene rings is 2. The van der Waals surface area contributed by atoms with Crippen LogP contribution in [0.5, 0.6) is 0 Å².